The van der Waals surface area contributed by atoms with E-state index in [4.69, 9.17) is 18.9 Å². The summed E-state index contributed by atoms with van der Waals surface area (Å²) in [5.41, 5.74) is 2.53. The molecule has 144 valence electrons. The van der Waals surface area contributed by atoms with Crippen molar-refractivity contribution in [2.75, 3.05) is 21.3 Å². The Morgan fingerprint density at radius 3 is 2.37 bits per heavy atom. The molecule has 0 aliphatic carbocycles. The first kappa shape index (κ1) is 20.2. The molecule has 2 aromatic rings. The number of rotatable bonds is 7. The molecular weight excluding hydrogens is 348 g/mol. The lowest BCUT2D eigenvalue weighted by Crippen LogP contribution is -2.09. The molecule has 0 bridgehead atoms. The van der Waals surface area contributed by atoms with Crippen molar-refractivity contribution in [3.63, 3.8) is 0 Å². The third kappa shape index (κ3) is 4.75. The minimum absolute atomic E-state index is 0.0872. The molecule has 0 aliphatic rings. The maximum absolute atomic E-state index is 12.2. The van der Waals surface area contributed by atoms with Crippen LogP contribution in [0.4, 0.5) is 0 Å². The van der Waals surface area contributed by atoms with Gasteiger partial charge in [0.25, 0.3) is 0 Å². The maximum atomic E-state index is 12.2. The molecular formula is C20H24N2O5. The predicted molar refractivity (Wildman–Crippen MR) is 101 cm³/mol. The molecule has 0 atom stereocenters. The molecule has 27 heavy (non-hydrogen) atoms. The van der Waals surface area contributed by atoms with Crippen molar-refractivity contribution in [1.29, 1.82) is 0 Å². The number of carbonyl (C=O) groups is 1. The summed E-state index contributed by atoms with van der Waals surface area (Å²) in [5.74, 6) is 0.649. The minimum Gasteiger partial charge on any atom is -0.503 e. The van der Waals surface area contributed by atoms with Crippen LogP contribution in [0.2, 0.25) is 0 Å². The van der Waals surface area contributed by atoms with Gasteiger partial charge in [0.1, 0.15) is 23.2 Å². The molecule has 7 nitrogen and oxygen atoms in total. The summed E-state index contributed by atoms with van der Waals surface area (Å²) in [7, 11) is 4.15. The van der Waals surface area contributed by atoms with E-state index < -0.39 is 5.97 Å². The standard InChI is InChI=1S/C20H24N2O5/c1-12(2)14-7-13(3)8-15(9-14)27-19-17(18(25-5)21-11-22-19)16(10-24-4)20(23)26-6/h7-12H,1-6H3. The summed E-state index contributed by atoms with van der Waals surface area (Å²) in [6.45, 7) is 6.20. The summed E-state index contributed by atoms with van der Waals surface area (Å²) in [6, 6.07) is 5.93. The first-order valence-corrected chi connectivity index (χ1v) is 8.41. The second kappa shape index (κ2) is 9.02. The summed E-state index contributed by atoms with van der Waals surface area (Å²) in [4.78, 5) is 20.5. The van der Waals surface area contributed by atoms with E-state index in [1.54, 1.807) is 0 Å². The number of ether oxygens (including phenoxy) is 4. The highest BCUT2D eigenvalue weighted by Gasteiger charge is 2.25. The summed E-state index contributed by atoms with van der Waals surface area (Å²) >= 11 is 0. The van der Waals surface area contributed by atoms with Crippen LogP contribution >= 0.6 is 0 Å². The average molecular weight is 372 g/mol. The summed E-state index contributed by atoms with van der Waals surface area (Å²) < 4.78 is 21.2. The SMILES string of the molecule is COC=C(C(=O)OC)c1c(OC)ncnc1Oc1cc(C)cc(C(C)C)c1. The highest BCUT2D eigenvalue weighted by Crippen LogP contribution is 2.35. The Morgan fingerprint density at radius 2 is 1.78 bits per heavy atom. The molecule has 1 aromatic heterocycles. The van der Waals surface area contributed by atoms with E-state index in [1.807, 2.05) is 19.1 Å². The number of hydrogen-bond donors (Lipinski definition) is 0. The summed E-state index contributed by atoms with van der Waals surface area (Å²) in [5, 5.41) is 0. The van der Waals surface area contributed by atoms with Gasteiger partial charge in [-0.05, 0) is 36.1 Å². The van der Waals surface area contributed by atoms with Gasteiger partial charge >= 0.3 is 5.97 Å². The number of nitrogens with zero attached hydrogens (tertiary/aromatic N) is 2. The fourth-order valence-electron chi connectivity index (χ4n) is 2.53. The Bertz CT molecular complexity index is 846. The molecule has 1 heterocycles. The number of aryl methyl sites for hydroxylation is 1. The minimum atomic E-state index is -0.623. The molecule has 7 heteroatoms. The first-order valence-electron chi connectivity index (χ1n) is 8.41. The Labute approximate surface area is 159 Å². The van der Waals surface area contributed by atoms with Gasteiger partial charge in [-0.25, -0.2) is 14.8 Å². The number of hydrogen-bond acceptors (Lipinski definition) is 7. The van der Waals surface area contributed by atoms with Crippen molar-refractivity contribution in [2.45, 2.75) is 26.7 Å². The van der Waals surface area contributed by atoms with Gasteiger partial charge in [-0.3, -0.25) is 0 Å². The number of benzene rings is 1. The number of esters is 1. The quantitative estimate of drug-likeness (QED) is 0.415. The molecule has 0 saturated carbocycles. The van der Waals surface area contributed by atoms with Gasteiger partial charge in [0, 0.05) is 0 Å². The molecule has 0 radical (unpaired) electrons. The van der Waals surface area contributed by atoms with Crippen molar-refractivity contribution in [1.82, 2.24) is 9.97 Å². The summed E-state index contributed by atoms with van der Waals surface area (Å²) in [6.07, 6.45) is 2.55. The van der Waals surface area contributed by atoms with Crippen LogP contribution in [0.1, 0.15) is 36.5 Å². The normalized spacial score (nSPS) is 11.3. The van der Waals surface area contributed by atoms with E-state index >= 15 is 0 Å². The predicted octanol–water partition coefficient (Wildman–Crippen LogP) is 3.87. The monoisotopic (exact) mass is 372 g/mol. The van der Waals surface area contributed by atoms with E-state index in [2.05, 4.69) is 29.9 Å². The van der Waals surface area contributed by atoms with E-state index in [1.165, 1.54) is 33.9 Å². The second-order valence-corrected chi connectivity index (χ2v) is 6.16. The lowest BCUT2D eigenvalue weighted by atomic mass is 10.0. The Kier molecular flexibility index (Phi) is 6.76. The third-order valence-electron chi connectivity index (χ3n) is 3.84. The highest BCUT2D eigenvalue weighted by atomic mass is 16.5. The average Bonchev–Trinajstić information content (AvgIpc) is 2.65. The molecule has 0 spiro atoms. The van der Waals surface area contributed by atoms with Crippen LogP contribution in [0.25, 0.3) is 5.57 Å². The fourth-order valence-corrected chi connectivity index (χ4v) is 2.53. The number of methoxy groups -OCH3 is 3. The van der Waals surface area contributed by atoms with Gasteiger partial charge in [-0.2, -0.15) is 0 Å². The molecule has 1 aromatic carbocycles. The second-order valence-electron chi connectivity index (χ2n) is 6.16. The molecule has 2 rings (SSSR count). The lowest BCUT2D eigenvalue weighted by molar-refractivity contribution is -0.133. The van der Waals surface area contributed by atoms with Crippen LogP contribution in [0.15, 0.2) is 30.8 Å². The van der Waals surface area contributed by atoms with Crippen molar-refractivity contribution >= 4 is 11.5 Å². The van der Waals surface area contributed by atoms with Crippen LogP contribution < -0.4 is 9.47 Å². The van der Waals surface area contributed by atoms with Crippen LogP contribution in [0.5, 0.6) is 17.5 Å². The van der Waals surface area contributed by atoms with E-state index in [0.717, 1.165) is 11.1 Å². The van der Waals surface area contributed by atoms with E-state index in [0.29, 0.717) is 11.7 Å². The fraction of sp³-hybridized carbons (Fsp3) is 0.350. The van der Waals surface area contributed by atoms with Crippen LogP contribution in [0, 0.1) is 6.92 Å². The zero-order valence-corrected chi connectivity index (χ0v) is 16.4. The maximum Gasteiger partial charge on any atom is 0.342 e. The number of carbonyl (C=O) groups excluding carboxylic acids is 1. The molecule has 0 fully saturated rings. The van der Waals surface area contributed by atoms with Crippen molar-refractivity contribution in [3.05, 3.63) is 47.5 Å². The number of aromatic nitrogens is 2. The molecule has 0 N–H and O–H groups in total. The smallest absolute Gasteiger partial charge is 0.342 e. The lowest BCUT2D eigenvalue weighted by Gasteiger charge is -2.15. The van der Waals surface area contributed by atoms with Crippen LogP contribution in [0.3, 0.4) is 0 Å². The van der Waals surface area contributed by atoms with Gasteiger partial charge in [-0.15, -0.1) is 0 Å². The largest absolute Gasteiger partial charge is 0.503 e. The molecule has 0 aliphatic heterocycles. The van der Waals surface area contributed by atoms with Gasteiger partial charge < -0.3 is 18.9 Å². The van der Waals surface area contributed by atoms with Crippen LogP contribution in [-0.2, 0) is 14.3 Å². The van der Waals surface area contributed by atoms with E-state index in [-0.39, 0.29) is 22.9 Å². The molecule has 0 amide bonds. The zero-order valence-electron chi connectivity index (χ0n) is 16.4. The Hall–Kier alpha value is -3.09. The Balaban J connectivity index is 2.58. The van der Waals surface area contributed by atoms with Gasteiger partial charge in [0.2, 0.25) is 11.8 Å². The Morgan fingerprint density at radius 1 is 1.07 bits per heavy atom. The molecule has 0 saturated heterocycles. The first-order chi connectivity index (χ1) is 12.9. The third-order valence-corrected chi connectivity index (χ3v) is 3.84. The highest BCUT2D eigenvalue weighted by molar-refractivity contribution is 6.17. The van der Waals surface area contributed by atoms with E-state index in [9.17, 15) is 4.79 Å². The van der Waals surface area contributed by atoms with Crippen LogP contribution in [-0.4, -0.2) is 37.3 Å². The zero-order chi connectivity index (χ0) is 20.0. The van der Waals surface area contributed by atoms with Crippen molar-refractivity contribution in [2.24, 2.45) is 0 Å². The van der Waals surface area contributed by atoms with Gasteiger partial charge in [0.15, 0.2) is 0 Å². The topological polar surface area (TPSA) is 79.8 Å². The van der Waals surface area contributed by atoms with Gasteiger partial charge in [0.05, 0.1) is 27.6 Å². The van der Waals surface area contributed by atoms with Crippen molar-refractivity contribution < 1.29 is 23.7 Å². The van der Waals surface area contributed by atoms with Gasteiger partial charge in [-0.1, -0.05) is 19.9 Å². The molecule has 0 unspecified atom stereocenters. The van der Waals surface area contributed by atoms with Crippen molar-refractivity contribution in [3.8, 4) is 17.5 Å².